The van der Waals surface area contributed by atoms with Crippen molar-refractivity contribution in [3.05, 3.63) is 65.4 Å². The number of sulfone groups is 1. The monoisotopic (exact) mass is 560 g/mol. The first kappa shape index (κ1) is 26.9. The minimum atomic E-state index is -4.47. The summed E-state index contributed by atoms with van der Waals surface area (Å²) in [7, 11) is -3.73. The van der Waals surface area contributed by atoms with Gasteiger partial charge in [-0.3, -0.25) is 14.3 Å². The lowest BCUT2D eigenvalue weighted by molar-refractivity contribution is -0.137. The largest absolute Gasteiger partial charge is 0.416 e. The Hall–Kier alpha value is -3.67. The van der Waals surface area contributed by atoms with Crippen molar-refractivity contribution in [2.75, 3.05) is 23.7 Å². The minimum Gasteiger partial charge on any atom is -0.337 e. The van der Waals surface area contributed by atoms with Crippen LogP contribution in [0.3, 0.4) is 0 Å². The van der Waals surface area contributed by atoms with Crippen molar-refractivity contribution in [2.24, 2.45) is 0 Å². The Labute approximate surface area is 223 Å². The molecule has 0 unspecified atom stereocenters. The molecule has 0 saturated heterocycles. The SMILES string of the molecule is CC(=O)N1CCc2cc(S(=O)(=O)CCC(=O)N3CCCn4nc(-c5cccc(C(F)(F)F)c5)cc4C3)ccc21. The summed E-state index contributed by atoms with van der Waals surface area (Å²) < 4.78 is 67.2. The lowest BCUT2D eigenvalue weighted by Gasteiger charge is -2.20. The number of hydrogen-bond acceptors (Lipinski definition) is 5. The van der Waals surface area contributed by atoms with Gasteiger partial charge >= 0.3 is 6.18 Å². The normalized spacial score (nSPS) is 15.6. The number of rotatable bonds is 5. The Kier molecular flexibility index (Phi) is 7.00. The highest BCUT2D eigenvalue weighted by Gasteiger charge is 2.31. The molecule has 2 aromatic carbocycles. The molecule has 0 saturated carbocycles. The molecule has 39 heavy (non-hydrogen) atoms. The van der Waals surface area contributed by atoms with Crippen molar-refractivity contribution in [1.82, 2.24) is 14.7 Å². The number of aryl methyl sites for hydroxylation is 1. The van der Waals surface area contributed by atoms with Crippen molar-refractivity contribution in [3.8, 4) is 11.3 Å². The van der Waals surface area contributed by atoms with E-state index in [9.17, 15) is 31.2 Å². The van der Waals surface area contributed by atoms with Crippen LogP contribution in [0, 0.1) is 0 Å². The van der Waals surface area contributed by atoms with Crippen molar-refractivity contribution in [2.45, 2.75) is 50.3 Å². The summed E-state index contributed by atoms with van der Waals surface area (Å²) in [6.45, 7) is 3.06. The molecule has 5 rings (SSSR count). The third kappa shape index (κ3) is 5.56. The van der Waals surface area contributed by atoms with Crippen LogP contribution in [0.25, 0.3) is 11.3 Å². The zero-order valence-corrected chi connectivity index (χ0v) is 22.1. The smallest absolute Gasteiger partial charge is 0.337 e. The number of carbonyl (C=O) groups excluding carboxylic acids is 2. The van der Waals surface area contributed by atoms with E-state index in [4.69, 9.17) is 0 Å². The third-order valence-electron chi connectivity index (χ3n) is 7.12. The molecule has 3 heterocycles. The maximum Gasteiger partial charge on any atom is 0.416 e. The molecule has 0 fully saturated rings. The zero-order valence-electron chi connectivity index (χ0n) is 21.2. The molecule has 2 aliphatic heterocycles. The molecule has 8 nitrogen and oxygen atoms in total. The maximum atomic E-state index is 13.1. The number of fused-ring (bicyclic) bond motifs is 2. The molecule has 12 heteroatoms. The Morgan fingerprint density at radius 2 is 1.82 bits per heavy atom. The second kappa shape index (κ2) is 10.1. The van der Waals surface area contributed by atoms with Crippen LogP contribution in [0.5, 0.6) is 0 Å². The first-order valence-corrected chi connectivity index (χ1v) is 14.2. The molecule has 206 valence electrons. The molecule has 2 aliphatic rings. The van der Waals surface area contributed by atoms with Gasteiger partial charge in [-0.05, 0) is 54.8 Å². The van der Waals surface area contributed by atoms with E-state index >= 15 is 0 Å². The van der Waals surface area contributed by atoms with E-state index in [1.54, 1.807) is 38.7 Å². The molecule has 0 bridgehead atoms. The number of nitrogens with zero attached hydrogens (tertiary/aromatic N) is 4. The van der Waals surface area contributed by atoms with Crippen molar-refractivity contribution in [3.63, 3.8) is 0 Å². The Balaban J connectivity index is 1.26. The molecule has 0 aliphatic carbocycles. The molecule has 1 aromatic heterocycles. The van der Waals surface area contributed by atoms with Crippen molar-refractivity contribution >= 4 is 27.3 Å². The lowest BCUT2D eigenvalue weighted by atomic mass is 10.1. The van der Waals surface area contributed by atoms with Crippen LogP contribution in [-0.2, 0) is 45.1 Å². The Bertz CT molecular complexity index is 1550. The molecule has 0 radical (unpaired) electrons. The van der Waals surface area contributed by atoms with Gasteiger partial charge in [0.2, 0.25) is 11.8 Å². The molecule has 0 atom stereocenters. The number of carbonyl (C=O) groups is 2. The summed E-state index contributed by atoms with van der Waals surface area (Å²) in [5.41, 5.74) is 2.12. The van der Waals surface area contributed by atoms with Gasteiger partial charge in [0.15, 0.2) is 9.84 Å². The van der Waals surface area contributed by atoms with Gasteiger partial charge in [0.1, 0.15) is 0 Å². The summed E-state index contributed by atoms with van der Waals surface area (Å²) in [6.07, 6.45) is -3.52. The summed E-state index contributed by atoms with van der Waals surface area (Å²) in [6, 6.07) is 11.3. The number of halogens is 3. The van der Waals surface area contributed by atoms with Gasteiger partial charge in [-0.2, -0.15) is 18.3 Å². The highest BCUT2D eigenvalue weighted by molar-refractivity contribution is 7.91. The molecule has 3 aromatic rings. The molecular weight excluding hydrogens is 533 g/mol. The lowest BCUT2D eigenvalue weighted by Crippen LogP contribution is -2.32. The van der Waals surface area contributed by atoms with Gasteiger partial charge in [-0.25, -0.2) is 8.42 Å². The fraction of sp³-hybridized carbons (Fsp3) is 0.370. The quantitative estimate of drug-likeness (QED) is 0.469. The van der Waals surface area contributed by atoms with Gasteiger partial charge in [-0.15, -0.1) is 0 Å². The predicted molar refractivity (Wildman–Crippen MR) is 138 cm³/mol. The van der Waals surface area contributed by atoms with Crippen LogP contribution >= 0.6 is 0 Å². The highest BCUT2D eigenvalue weighted by atomic mass is 32.2. The first-order valence-electron chi connectivity index (χ1n) is 12.6. The summed E-state index contributed by atoms with van der Waals surface area (Å²) in [5.74, 6) is -0.778. The number of benzene rings is 2. The topological polar surface area (TPSA) is 92.6 Å². The number of hydrogen-bond donors (Lipinski definition) is 0. The van der Waals surface area contributed by atoms with Crippen molar-refractivity contribution in [1.29, 1.82) is 0 Å². The van der Waals surface area contributed by atoms with Crippen LogP contribution in [0.4, 0.5) is 18.9 Å². The van der Waals surface area contributed by atoms with E-state index in [1.165, 1.54) is 19.1 Å². The average Bonchev–Trinajstić information content (AvgIpc) is 3.45. The standard InChI is InChI=1S/C27H27F3N4O4S/c1-18(35)33-12-8-20-15-23(6-7-25(20)33)39(37,38)13-9-26(36)32-10-3-11-34-22(17-32)16-24(31-34)19-4-2-5-21(14-19)27(28,29)30/h2,4-7,14-16H,3,8-13,17H2,1H3. The number of amides is 2. The summed E-state index contributed by atoms with van der Waals surface area (Å²) >= 11 is 0. The van der Waals surface area contributed by atoms with Crippen LogP contribution in [-0.4, -0.2) is 53.8 Å². The Morgan fingerprint density at radius 1 is 1.03 bits per heavy atom. The van der Waals surface area contributed by atoms with Gasteiger partial charge in [-0.1, -0.05) is 12.1 Å². The molecule has 2 amide bonds. The summed E-state index contributed by atoms with van der Waals surface area (Å²) in [5, 5.41) is 4.46. The number of alkyl halides is 3. The Morgan fingerprint density at radius 3 is 2.56 bits per heavy atom. The van der Waals surface area contributed by atoms with E-state index in [2.05, 4.69) is 5.10 Å². The molecule has 0 spiro atoms. The second-order valence-electron chi connectivity index (χ2n) is 9.77. The minimum absolute atomic E-state index is 0.101. The van der Waals surface area contributed by atoms with Crippen LogP contribution in [0.15, 0.2) is 53.4 Å². The van der Waals surface area contributed by atoms with E-state index in [1.807, 2.05) is 0 Å². The fourth-order valence-corrected chi connectivity index (χ4v) is 6.34. The average molecular weight is 561 g/mol. The highest BCUT2D eigenvalue weighted by Crippen LogP contribution is 2.33. The maximum absolute atomic E-state index is 13.1. The van der Waals surface area contributed by atoms with Crippen LogP contribution in [0.1, 0.15) is 36.6 Å². The van der Waals surface area contributed by atoms with E-state index in [0.717, 1.165) is 17.7 Å². The van der Waals surface area contributed by atoms with Gasteiger partial charge in [0, 0.05) is 44.2 Å². The molecule has 0 N–H and O–H groups in total. The fourth-order valence-electron chi connectivity index (χ4n) is 5.07. The van der Waals surface area contributed by atoms with Crippen LogP contribution in [0.2, 0.25) is 0 Å². The zero-order chi connectivity index (χ0) is 27.9. The van der Waals surface area contributed by atoms with E-state index < -0.39 is 21.6 Å². The second-order valence-corrected chi connectivity index (χ2v) is 11.9. The summed E-state index contributed by atoms with van der Waals surface area (Å²) in [4.78, 5) is 28.1. The number of anilines is 1. The predicted octanol–water partition coefficient (Wildman–Crippen LogP) is 4.07. The van der Waals surface area contributed by atoms with E-state index in [-0.39, 0.29) is 35.4 Å². The van der Waals surface area contributed by atoms with Crippen LogP contribution < -0.4 is 4.90 Å². The van der Waals surface area contributed by atoms with Gasteiger partial charge in [0.05, 0.1) is 34.1 Å². The van der Waals surface area contributed by atoms with Gasteiger partial charge in [0.25, 0.3) is 0 Å². The van der Waals surface area contributed by atoms with Crippen molar-refractivity contribution < 1.29 is 31.2 Å². The molecular formula is C27H27F3N4O4S. The third-order valence-corrected chi connectivity index (χ3v) is 8.84. The first-order chi connectivity index (χ1) is 18.4. The number of aromatic nitrogens is 2. The van der Waals surface area contributed by atoms with E-state index in [0.29, 0.717) is 55.1 Å². The van der Waals surface area contributed by atoms with Gasteiger partial charge < -0.3 is 9.80 Å².